The van der Waals surface area contributed by atoms with Crippen molar-refractivity contribution in [3.8, 4) is 0 Å². The van der Waals surface area contributed by atoms with Gasteiger partial charge in [-0.1, -0.05) is 6.92 Å². The lowest BCUT2D eigenvalue weighted by atomic mass is 9.59. The summed E-state index contributed by atoms with van der Waals surface area (Å²) in [6, 6.07) is 0. The van der Waals surface area contributed by atoms with E-state index in [-0.39, 0.29) is 11.0 Å². The highest BCUT2D eigenvalue weighted by Gasteiger charge is 2.54. The van der Waals surface area contributed by atoms with Gasteiger partial charge < -0.3 is 5.11 Å². The van der Waals surface area contributed by atoms with Crippen LogP contribution in [0, 0.1) is 23.2 Å². The molecule has 1 nitrogen and oxygen atoms in total. The van der Waals surface area contributed by atoms with Crippen LogP contribution in [0.1, 0.15) is 52.4 Å². The Morgan fingerprint density at radius 2 is 1.29 bits per heavy atom. The molecule has 1 heteroatoms. The smallest absolute Gasteiger partial charge is 0.0675 e. The lowest BCUT2D eigenvalue weighted by Gasteiger charge is -2.48. The summed E-state index contributed by atoms with van der Waals surface area (Å²) >= 11 is 0. The van der Waals surface area contributed by atoms with Gasteiger partial charge in [0.15, 0.2) is 0 Å². The first kappa shape index (κ1) is 9.21. The van der Waals surface area contributed by atoms with E-state index in [1.54, 1.807) is 0 Å². The van der Waals surface area contributed by atoms with Crippen LogP contribution in [0.15, 0.2) is 0 Å². The Labute approximate surface area is 86.9 Å². The molecule has 0 saturated heterocycles. The minimum absolute atomic E-state index is 0.228. The number of hydrogen-bond donors (Lipinski definition) is 1. The van der Waals surface area contributed by atoms with Crippen molar-refractivity contribution in [2.45, 2.75) is 58.0 Å². The highest BCUT2D eigenvalue weighted by Crippen LogP contribution is 2.60. The lowest BCUT2D eigenvalue weighted by molar-refractivity contribution is -0.0878. The second-order valence-electron chi connectivity index (χ2n) is 6.75. The zero-order valence-corrected chi connectivity index (χ0v) is 9.42. The summed E-state index contributed by atoms with van der Waals surface area (Å²) in [4.78, 5) is 0. The van der Waals surface area contributed by atoms with Gasteiger partial charge in [-0.2, -0.15) is 0 Å². The zero-order valence-electron chi connectivity index (χ0n) is 9.42. The van der Waals surface area contributed by atoms with Crippen LogP contribution >= 0.6 is 0 Å². The maximum absolute atomic E-state index is 10.6. The molecule has 0 aliphatic heterocycles. The Kier molecular flexibility index (Phi) is 1.68. The van der Waals surface area contributed by atoms with E-state index in [2.05, 4.69) is 13.8 Å². The lowest BCUT2D eigenvalue weighted by Crippen LogP contribution is -2.46. The summed E-state index contributed by atoms with van der Waals surface area (Å²) in [6.45, 7) is 4.43. The van der Waals surface area contributed by atoms with Crippen molar-refractivity contribution in [2.24, 2.45) is 23.2 Å². The highest BCUT2D eigenvalue weighted by atomic mass is 16.3. The van der Waals surface area contributed by atoms with E-state index in [9.17, 15) is 5.11 Å². The molecule has 4 saturated carbocycles. The molecule has 0 amide bonds. The molecule has 80 valence electrons. The highest BCUT2D eigenvalue weighted by molar-refractivity contribution is 5.05. The van der Waals surface area contributed by atoms with Crippen molar-refractivity contribution in [3.05, 3.63) is 0 Å². The molecule has 4 aliphatic carbocycles. The Morgan fingerprint density at radius 3 is 1.79 bits per heavy atom. The number of hydrogen-bond acceptors (Lipinski definition) is 1. The molecule has 0 aromatic carbocycles. The summed E-state index contributed by atoms with van der Waals surface area (Å²) in [5, 5.41) is 10.6. The fraction of sp³-hybridized carbons (Fsp3) is 1.00. The number of aliphatic hydroxyl groups is 1. The van der Waals surface area contributed by atoms with Crippen molar-refractivity contribution < 1.29 is 5.11 Å². The SMILES string of the molecule is CC1(O)CC2C[C@@H]3C[C@H](C2)CC1(C)C3. The van der Waals surface area contributed by atoms with E-state index in [4.69, 9.17) is 0 Å². The summed E-state index contributed by atoms with van der Waals surface area (Å²) in [7, 11) is 0. The molecule has 4 aliphatic rings. The molecule has 5 atom stereocenters. The predicted molar refractivity (Wildman–Crippen MR) is 56.9 cm³/mol. The largest absolute Gasteiger partial charge is 0.390 e. The first-order valence-electron chi connectivity index (χ1n) is 6.21. The van der Waals surface area contributed by atoms with E-state index in [0.29, 0.717) is 0 Å². The fourth-order valence-corrected chi connectivity index (χ4v) is 4.81. The van der Waals surface area contributed by atoms with Gasteiger partial charge in [0.25, 0.3) is 0 Å². The Balaban J connectivity index is 2.03. The molecular weight excluding hydrogens is 172 g/mol. The number of rotatable bonds is 0. The fourth-order valence-electron chi connectivity index (χ4n) is 4.81. The molecule has 0 heterocycles. The second-order valence-corrected chi connectivity index (χ2v) is 6.75. The topological polar surface area (TPSA) is 20.2 Å². The van der Waals surface area contributed by atoms with Crippen LogP contribution in [0.3, 0.4) is 0 Å². The maximum atomic E-state index is 10.6. The van der Waals surface area contributed by atoms with Gasteiger partial charge in [0, 0.05) is 0 Å². The van der Waals surface area contributed by atoms with Crippen LogP contribution in [0.4, 0.5) is 0 Å². The molecule has 0 aromatic heterocycles. The van der Waals surface area contributed by atoms with Crippen LogP contribution in [0.25, 0.3) is 0 Å². The average Bonchev–Trinajstić information content (AvgIpc) is 2.08. The van der Waals surface area contributed by atoms with Crippen molar-refractivity contribution in [1.29, 1.82) is 0 Å². The first-order chi connectivity index (χ1) is 6.48. The third kappa shape index (κ3) is 1.11. The summed E-state index contributed by atoms with van der Waals surface area (Å²) in [5.74, 6) is 2.70. The summed E-state index contributed by atoms with van der Waals surface area (Å²) in [6.07, 6.45) is 7.91. The van der Waals surface area contributed by atoms with Gasteiger partial charge in [0.1, 0.15) is 0 Å². The quantitative estimate of drug-likeness (QED) is 0.628. The van der Waals surface area contributed by atoms with Gasteiger partial charge in [-0.3, -0.25) is 0 Å². The maximum Gasteiger partial charge on any atom is 0.0675 e. The molecule has 4 rings (SSSR count). The Bertz CT molecular complexity index is 242. The average molecular weight is 194 g/mol. The Morgan fingerprint density at radius 1 is 0.857 bits per heavy atom. The molecule has 0 radical (unpaired) electrons. The monoisotopic (exact) mass is 194 g/mol. The van der Waals surface area contributed by atoms with Gasteiger partial charge in [0.05, 0.1) is 5.60 Å². The van der Waals surface area contributed by atoms with Crippen molar-refractivity contribution in [3.63, 3.8) is 0 Å². The first-order valence-corrected chi connectivity index (χ1v) is 6.21. The molecular formula is C13H22O. The van der Waals surface area contributed by atoms with Crippen LogP contribution in [0.5, 0.6) is 0 Å². The number of fused-ring (bicyclic) bond motifs is 1. The minimum atomic E-state index is -0.387. The molecule has 0 spiro atoms. The van der Waals surface area contributed by atoms with Gasteiger partial charge in [-0.05, 0) is 68.6 Å². The molecule has 4 bridgehead atoms. The van der Waals surface area contributed by atoms with Gasteiger partial charge in [-0.15, -0.1) is 0 Å². The normalized spacial score (nSPS) is 61.5. The van der Waals surface area contributed by atoms with E-state index in [0.717, 1.165) is 24.2 Å². The Hall–Kier alpha value is -0.0400. The van der Waals surface area contributed by atoms with Gasteiger partial charge in [0.2, 0.25) is 0 Å². The van der Waals surface area contributed by atoms with Crippen LogP contribution < -0.4 is 0 Å². The second kappa shape index (κ2) is 2.55. The third-order valence-corrected chi connectivity index (χ3v) is 5.46. The van der Waals surface area contributed by atoms with Crippen molar-refractivity contribution in [2.75, 3.05) is 0 Å². The molecule has 0 aromatic rings. The van der Waals surface area contributed by atoms with Crippen LogP contribution in [-0.2, 0) is 0 Å². The molecule has 4 fully saturated rings. The minimum Gasteiger partial charge on any atom is -0.390 e. The van der Waals surface area contributed by atoms with Crippen LogP contribution in [0.2, 0.25) is 0 Å². The van der Waals surface area contributed by atoms with Crippen LogP contribution in [-0.4, -0.2) is 10.7 Å². The van der Waals surface area contributed by atoms with E-state index in [1.807, 2.05) is 0 Å². The molecule has 1 N–H and O–H groups in total. The third-order valence-electron chi connectivity index (χ3n) is 5.46. The molecule has 14 heavy (non-hydrogen) atoms. The summed E-state index contributed by atoms with van der Waals surface area (Å²) < 4.78 is 0. The van der Waals surface area contributed by atoms with E-state index in [1.165, 1.54) is 32.1 Å². The standard InChI is InChI=1S/C13H22O/c1-12-6-9-3-10(7-12)5-11(4-9)8-13(12,2)14/h9-11,14H,3-8H2,1-2H3/t9-,10+,11?,12?,13?. The van der Waals surface area contributed by atoms with Gasteiger partial charge in [-0.25, -0.2) is 0 Å². The van der Waals surface area contributed by atoms with E-state index >= 15 is 0 Å². The zero-order chi connectivity index (χ0) is 9.97. The van der Waals surface area contributed by atoms with Crippen molar-refractivity contribution in [1.82, 2.24) is 0 Å². The van der Waals surface area contributed by atoms with Crippen molar-refractivity contribution >= 4 is 0 Å². The summed E-state index contributed by atoms with van der Waals surface area (Å²) in [5.41, 5.74) is -0.159. The molecule has 3 unspecified atom stereocenters. The van der Waals surface area contributed by atoms with E-state index < -0.39 is 0 Å². The predicted octanol–water partition coefficient (Wildman–Crippen LogP) is 2.97. The van der Waals surface area contributed by atoms with Gasteiger partial charge >= 0.3 is 0 Å².